The number of nitrogens with two attached hydrogens (primary N) is 1. The number of nitrogens with zero attached hydrogens (tertiary/aromatic N) is 1. The molecule has 4 aromatic rings. The Labute approximate surface area is 316 Å². The Balaban J connectivity index is 1.68. The zero-order valence-electron chi connectivity index (χ0n) is 30.5. The second-order valence-electron chi connectivity index (χ2n) is 12.5. The molecule has 0 radical (unpaired) electrons. The van der Waals surface area contributed by atoms with Gasteiger partial charge in [0.1, 0.15) is 26.4 Å². The van der Waals surface area contributed by atoms with Crippen LogP contribution in [0.2, 0.25) is 0 Å². The number of hydrogen-bond donors (Lipinski definition) is 3. The maximum atomic E-state index is 14.6. The summed E-state index contributed by atoms with van der Waals surface area (Å²) in [6, 6.07) is 35.3. The Kier molecular flexibility index (Phi) is 17.7. The van der Waals surface area contributed by atoms with Crippen molar-refractivity contribution in [2.75, 3.05) is 32.7 Å². The molecule has 286 valence electrons. The monoisotopic (exact) mass is 738 g/mol. The molecule has 0 unspecified atom stereocenters. The average molecular weight is 739 g/mol. The number of imide groups is 1. The largest absolute Gasteiger partial charge is 0.459 e. The molecule has 0 aromatic heterocycles. The Morgan fingerprint density at radius 1 is 0.481 bits per heavy atom. The number of rotatable bonds is 22. The van der Waals surface area contributed by atoms with Crippen LogP contribution in [0.15, 0.2) is 121 Å². The molecule has 0 bridgehead atoms. The minimum Gasteiger partial charge on any atom is -0.459 e. The standard InChI is InChI=1S/C42H50N4O8/c43-25-15-28-44-26-13-14-27-45-29-24-42(38(47)51-30-34-16-5-1-6-17-34,39(48)52-31-35-18-7-2-8-19-35)46(40(49)53-32-36-20-9-3-10-21-36)41(50)54-33-37-22-11-4-12-23-37/h1-12,16-23,44-45H,13-15,24-33,43H2. The predicted octanol–water partition coefficient (Wildman–Crippen LogP) is 5.89. The number of hydrogen-bond acceptors (Lipinski definition) is 11. The normalized spacial score (nSPS) is 11.0. The molecular weight excluding hydrogens is 688 g/mol. The number of unbranched alkanes of at least 4 members (excludes halogenated alkanes) is 1. The van der Waals surface area contributed by atoms with E-state index >= 15 is 0 Å². The summed E-state index contributed by atoms with van der Waals surface area (Å²) in [4.78, 5) is 57.9. The van der Waals surface area contributed by atoms with Gasteiger partial charge in [0.25, 0.3) is 5.54 Å². The summed E-state index contributed by atoms with van der Waals surface area (Å²) in [5, 5.41) is 6.59. The molecule has 4 N–H and O–H groups in total. The molecule has 0 spiro atoms. The van der Waals surface area contributed by atoms with Gasteiger partial charge in [-0.3, -0.25) is 0 Å². The number of benzene rings is 4. The molecule has 12 nitrogen and oxygen atoms in total. The Morgan fingerprint density at radius 2 is 0.815 bits per heavy atom. The van der Waals surface area contributed by atoms with Crippen LogP contribution in [0.4, 0.5) is 9.59 Å². The highest BCUT2D eigenvalue weighted by Crippen LogP contribution is 2.29. The van der Waals surface area contributed by atoms with E-state index in [2.05, 4.69) is 10.6 Å². The lowest BCUT2D eigenvalue weighted by atomic mass is 9.92. The number of nitrogens with one attached hydrogen (secondary N) is 2. The number of amides is 2. The van der Waals surface area contributed by atoms with Crippen molar-refractivity contribution in [2.45, 2.75) is 57.6 Å². The fraction of sp³-hybridized carbons (Fsp3) is 0.333. The van der Waals surface area contributed by atoms with E-state index in [4.69, 9.17) is 24.7 Å². The van der Waals surface area contributed by atoms with Crippen LogP contribution in [0, 0.1) is 0 Å². The Hall–Kier alpha value is -5.56. The van der Waals surface area contributed by atoms with Crippen molar-refractivity contribution in [1.29, 1.82) is 0 Å². The van der Waals surface area contributed by atoms with E-state index in [1.807, 2.05) is 12.1 Å². The van der Waals surface area contributed by atoms with Gasteiger partial charge in [-0.15, -0.1) is 0 Å². The summed E-state index contributed by atoms with van der Waals surface area (Å²) in [7, 11) is 0. The molecule has 0 atom stereocenters. The zero-order chi connectivity index (χ0) is 38.3. The summed E-state index contributed by atoms with van der Waals surface area (Å²) >= 11 is 0. The number of carbonyl (C=O) groups excluding carboxylic acids is 4. The van der Waals surface area contributed by atoms with Gasteiger partial charge < -0.3 is 35.3 Å². The predicted molar refractivity (Wildman–Crippen MR) is 204 cm³/mol. The minimum absolute atomic E-state index is 0.0237. The van der Waals surface area contributed by atoms with Gasteiger partial charge in [0, 0.05) is 6.42 Å². The van der Waals surface area contributed by atoms with Crippen molar-refractivity contribution in [3.8, 4) is 0 Å². The molecule has 0 aliphatic carbocycles. The van der Waals surface area contributed by atoms with Crippen LogP contribution < -0.4 is 16.4 Å². The van der Waals surface area contributed by atoms with Gasteiger partial charge >= 0.3 is 24.1 Å². The molecule has 0 aliphatic rings. The van der Waals surface area contributed by atoms with Crippen molar-refractivity contribution in [2.24, 2.45) is 5.73 Å². The molecule has 2 amide bonds. The maximum absolute atomic E-state index is 14.6. The lowest BCUT2D eigenvalue weighted by molar-refractivity contribution is -0.175. The van der Waals surface area contributed by atoms with Gasteiger partial charge in [0.2, 0.25) is 0 Å². The van der Waals surface area contributed by atoms with Crippen LogP contribution in [0.25, 0.3) is 0 Å². The van der Waals surface area contributed by atoms with E-state index in [1.54, 1.807) is 109 Å². The molecule has 0 saturated carbocycles. The molecule has 4 aromatic carbocycles. The first kappa shape index (κ1) is 41.2. The van der Waals surface area contributed by atoms with Crippen LogP contribution in [0.1, 0.15) is 47.9 Å². The van der Waals surface area contributed by atoms with Gasteiger partial charge in [-0.25, -0.2) is 19.2 Å². The summed E-state index contributed by atoms with van der Waals surface area (Å²) in [6.07, 6.45) is -0.433. The van der Waals surface area contributed by atoms with Crippen LogP contribution >= 0.6 is 0 Å². The lowest BCUT2D eigenvalue weighted by Gasteiger charge is -2.37. The van der Waals surface area contributed by atoms with E-state index in [9.17, 15) is 19.2 Å². The third kappa shape index (κ3) is 13.1. The first-order valence-electron chi connectivity index (χ1n) is 18.2. The van der Waals surface area contributed by atoms with Crippen molar-refractivity contribution < 1.29 is 38.1 Å². The van der Waals surface area contributed by atoms with Gasteiger partial charge in [-0.1, -0.05) is 121 Å². The van der Waals surface area contributed by atoms with Gasteiger partial charge in [0.15, 0.2) is 0 Å². The lowest BCUT2D eigenvalue weighted by Crippen LogP contribution is -2.66. The first-order chi connectivity index (χ1) is 26.4. The molecule has 0 aliphatic heterocycles. The van der Waals surface area contributed by atoms with Crippen LogP contribution in [-0.2, 0) is 55.0 Å². The molecular formula is C42H50N4O8. The minimum atomic E-state index is -2.65. The average Bonchev–Trinajstić information content (AvgIpc) is 3.22. The second-order valence-corrected chi connectivity index (χ2v) is 12.5. The topological polar surface area (TPSA) is 159 Å². The van der Waals surface area contributed by atoms with E-state index < -0.39 is 36.1 Å². The summed E-state index contributed by atoms with van der Waals surface area (Å²) in [5.41, 5.74) is 5.40. The number of esters is 2. The fourth-order valence-corrected chi connectivity index (χ4v) is 5.47. The fourth-order valence-electron chi connectivity index (χ4n) is 5.47. The van der Waals surface area contributed by atoms with E-state index in [0.29, 0.717) is 40.2 Å². The molecule has 4 rings (SSSR count). The van der Waals surface area contributed by atoms with E-state index in [0.717, 1.165) is 32.4 Å². The molecule has 0 fully saturated rings. The summed E-state index contributed by atoms with van der Waals surface area (Å²) in [6.45, 7) is 1.81. The molecule has 0 saturated heterocycles. The smallest absolute Gasteiger partial charge is 0.421 e. The second kappa shape index (κ2) is 23.2. The van der Waals surface area contributed by atoms with Crippen LogP contribution in [-0.4, -0.2) is 67.3 Å². The zero-order valence-corrected chi connectivity index (χ0v) is 30.5. The van der Waals surface area contributed by atoms with E-state index in [-0.39, 0.29) is 33.0 Å². The SMILES string of the molecule is NCCCNCCCCNCCC(C(=O)OCc1ccccc1)(C(=O)OCc1ccccc1)N(C(=O)OCc1ccccc1)C(=O)OCc1ccccc1. The Bertz CT molecular complexity index is 1580. The van der Waals surface area contributed by atoms with Crippen molar-refractivity contribution in [1.82, 2.24) is 15.5 Å². The van der Waals surface area contributed by atoms with Crippen molar-refractivity contribution >= 4 is 24.1 Å². The van der Waals surface area contributed by atoms with Gasteiger partial charge in [-0.2, -0.15) is 4.90 Å². The Morgan fingerprint density at radius 3 is 1.19 bits per heavy atom. The quantitative estimate of drug-likeness (QED) is 0.0382. The third-order valence-corrected chi connectivity index (χ3v) is 8.44. The third-order valence-electron chi connectivity index (χ3n) is 8.44. The first-order valence-corrected chi connectivity index (χ1v) is 18.2. The molecule has 0 heterocycles. The highest BCUT2D eigenvalue weighted by atomic mass is 16.6. The molecule has 12 heteroatoms. The highest BCUT2D eigenvalue weighted by Gasteiger charge is 2.60. The van der Waals surface area contributed by atoms with Gasteiger partial charge in [0.05, 0.1) is 0 Å². The van der Waals surface area contributed by atoms with Crippen molar-refractivity contribution in [3.05, 3.63) is 144 Å². The van der Waals surface area contributed by atoms with Crippen LogP contribution in [0.3, 0.4) is 0 Å². The van der Waals surface area contributed by atoms with Gasteiger partial charge in [-0.05, 0) is 74.2 Å². The highest BCUT2D eigenvalue weighted by molar-refractivity contribution is 6.11. The van der Waals surface area contributed by atoms with E-state index in [1.165, 1.54) is 0 Å². The maximum Gasteiger partial charge on any atom is 0.421 e. The molecule has 54 heavy (non-hydrogen) atoms. The van der Waals surface area contributed by atoms with Crippen LogP contribution in [0.5, 0.6) is 0 Å². The number of carbonyl (C=O) groups is 4. The number of ether oxygens (including phenoxy) is 4. The summed E-state index contributed by atoms with van der Waals surface area (Å²) < 4.78 is 22.8. The summed E-state index contributed by atoms with van der Waals surface area (Å²) in [5.74, 6) is -2.35. The van der Waals surface area contributed by atoms with Crippen molar-refractivity contribution in [3.63, 3.8) is 0 Å².